The molecule has 1 aromatic carbocycles. The number of aromatic nitrogens is 3. The third kappa shape index (κ3) is 4.84. The largest absolute Gasteiger partial charge is 0.372 e. The molecule has 1 heterocycles. The van der Waals surface area contributed by atoms with E-state index in [1.54, 1.807) is 20.0 Å². The summed E-state index contributed by atoms with van der Waals surface area (Å²) in [6.07, 6.45) is 0.570. The van der Waals surface area contributed by atoms with Gasteiger partial charge in [-0.15, -0.1) is 0 Å². The van der Waals surface area contributed by atoms with Crippen molar-refractivity contribution in [2.75, 3.05) is 11.9 Å². The Kier molecular flexibility index (Phi) is 6.95. The van der Waals surface area contributed by atoms with E-state index in [-0.39, 0.29) is 11.6 Å². The number of rotatable bonds is 7. The van der Waals surface area contributed by atoms with Crippen molar-refractivity contribution in [1.29, 1.82) is 0 Å². The first-order valence-electron chi connectivity index (χ1n) is 8.82. The molecule has 0 spiro atoms. The van der Waals surface area contributed by atoms with Gasteiger partial charge in [0.2, 0.25) is 5.91 Å². The highest BCUT2D eigenvalue weighted by atomic mass is 35.5. The van der Waals surface area contributed by atoms with E-state index in [2.05, 4.69) is 15.7 Å². The molecular weight excluding hydrogens is 389 g/mol. The van der Waals surface area contributed by atoms with Crippen LogP contribution in [0.5, 0.6) is 0 Å². The van der Waals surface area contributed by atoms with Crippen molar-refractivity contribution in [2.24, 2.45) is 13.0 Å². The number of nitrogens with zero attached hydrogens (tertiary/aromatic N) is 3. The maximum absolute atomic E-state index is 12.4. The molecule has 27 heavy (non-hydrogen) atoms. The first-order valence-corrected chi connectivity index (χ1v) is 9.57. The topological polar surface area (TPSA) is 81.0 Å². The van der Waals surface area contributed by atoms with Crippen molar-refractivity contribution in [3.63, 3.8) is 0 Å². The van der Waals surface area contributed by atoms with E-state index in [0.29, 0.717) is 46.1 Å². The normalized spacial score (nSPS) is 12.3. The molecule has 7 nitrogen and oxygen atoms in total. The number of benzene rings is 1. The highest BCUT2D eigenvalue weighted by molar-refractivity contribution is 6.37. The van der Waals surface area contributed by atoms with Gasteiger partial charge in [-0.3, -0.25) is 9.36 Å². The Morgan fingerprint density at radius 3 is 2.44 bits per heavy atom. The average molecular weight is 414 g/mol. The lowest BCUT2D eigenvalue weighted by Gasteiger charge is -2.20. The van der Waals surface area contributed by atoms with Gasteiger partial charge in [-0.05, 0) is 31.4 Å². The van der Waals surface area contributed by atoms with Gasteiger partial charge in [0, 0.05) is 13.6 Å². The molecule has 2 rings (SSSR count). The summed E-state index contributed by atoms with van der Waals surface area (Å²) in [5.41, 5.74) is 0.594. The minimum absolute atomic E-state index is 0.107. The van der Waals surface area contributed by atoms with Crippen LogP contribution in [0.25, 0.3) is 5.69 Å². The number of aryl methyl sites for hydroxylation is 1. The third-order valence-corrected chi connectivity index (χ3v) is 4.82. The zero-order valence-electron chi connectivity index (χ0n) is 16.1. The SMILES string of the molecule is CCC(Nc1cc(-n2nc(C)n(C)c2=O)c(Cl)cc1Cl)C(=O)NCC(C)C. The van der Waals surface area contributed by atoms with Gasteiger partial charge in [0.25, 0.3) is 0 Å². The molecule has 0 aliphatic heterocycles. The lowest BCUT2D eigenvalue weighted by molar-refractivity contribution is -0.122. The fourth-order valence-electron chi connectivity index (χ4n) is 2.47. The molecule has 148 valence electrons. The zero-order valence-corrected chi connectivity index (χ0v) is 17.6. The molecule has 1 amide bonds. The molecule has 2 aromatic rings. The molecule has 0 radical (unpaired) electrons. The van der Waals surface area contributed by atoms with E-state index >= 15 is 0 Å². The number of halogens is 2. The van der Waals surface area contributed by atoms with Crippen LogP contribution in [-0.4, -0.2) is 32.8 Å². The maximum Gasteiger partial charge on any atom is 0.350 e. The van der Waals surface area contributed by atoms with Crippen LogP contribution in [0.15, 0.2) is 16.9 Å². The van der Waals surface area contributed by atoms with E-state index in [1.807, 2.05) is 20.8 Å². The molecule has 9 heteroatoms. The number of carbonyl (C=O) groups excluding carboxylic acids is 1. The fraction of sp³-hybridized carbons (Fsp3) is 0.500. The van der Waals surface area contributed by atoms with E-state index in [1.165, 1.54) is 15.3 Å². The third-order valence-electron chi connectivity index (χ3n) is 4.20. The predicted molar refractivity (Wildman–Crippen MR) is 109 cm³/mol. The summed E-state index contributed by atoms with van der Waals surface area (Å²) < 4.78 is 2.64. The summed E-state index contributed by atoms with van der Waals surface area (Å²) in [4.78, 5) is 24.8. The van der Waals surface area contributed by atoms with Crippen LogP contribution in [0.1, 0.15) is 33.0 Å². The zero-order chi connectivity index (χ0) is 20.3. The molecule has 0 saturated carbocycles. The molecule has 2 N–H and O–H groups in total. The van der Waals surface area contributed by atoms with Crippen LogP contribution in [0.2, 0.25) is 10.0 Å². The van der Waals surface area contributed by atoms with Gasteiger partial charge >= 0.3 is 5.69 Å². The van der Waals surface area contributed by atoms with Crippen LogP contribution in [0.3, 0.4) is 0 Å². The van der Waals surface area contributed by atoms with E-state index in [0.717, 1.165) is 0 Å². The van der Waals surface area contributed by atoms with Crippen LogP contribution >= 0.6 is 23.2 Å². The van der Waals surface area contributed by atoms with Gasteiger partial charge in [-0.1, -0.05) is 44.0 Å². The van der Waals surface area contributed by atoms with Gasteiger partial charge in [0.05, 0.1) is 21.4 Å². The Balaban J connectivity index is 2.36. The summed E-state index contributed by atoms with van der Waals surface area (Å²) in [6.45, 7) is 8.30. The van der Waals surface area contributed by atoms with Crippen LogP contribution in [0, 0.1) is 12.8 Å². The van der Waals surface area contributed by atoms with Crippen LogP contribution in [-0.2, 0) is 11.8 Å². The van der Waals surface area contributed by atoms with E-state index in [9.17, 15) is 9.59 Å². The highest BCUT2D eigenvalue weighted by Gasteiger charge is 2.20. The van der Waals surface area contributed by atoms with E-state index in [4.69, 9.17) is 23.2 Å². The van der Waals surface area contributed by atoms with Crippen molar-refractivity contribution < 1.29 is 4.79 Å². The number of amides is 1. The number of hydrogen-bond acceptors (Lipinski definition) is 4. The molecule has 0 saturated heterocycles. The molecule has 1 atom stereocenters. The Morgan fingerprint density at radius 1 is 1.26 bits per heavy atom. The number of carbonyl (C=O) groups is 1. The summed E-state index contributed by atoms with van der Waals surface area (Å²) in [6, 6.07) is 2.71. The van der Waals surface area contributed by atoms with E-state index < -0.39 is 6.04 Å². The van der Waals surface area contributed by atoms with Gasteiger partial charge in [-0.2, -0.15) is 9.78 Å². The quantitative estimate of drug-likeness (QED) is 0.730. The standard InChI is InChI=1S/C18H25Cl2N5O2/c1-6-14(17(26)21-9-10(2)3)22-15-8-16(13(20)7-12(15)19)25-18(27)24(5)11(4)23-25/h7-8,10,14,22H,6,9H2,1-5H3,(H,21,26). The smallest absolute Gasteiger partial charge is 0.350 e. The van der Waals surface area contributed by atoms with Crippen molar-refractivity contribution in [3.8, 4) is 5.69 Å². The molecule has 0 fully saturated rings. The Bertz CT molecular complexity index is 889. The van der Waals surface area contributed by atoms with Crippen LogP contribution in [0.4, 0.5) is 5.69 Å². The van der Waals surface area contributed by atoms with Gasteiger partial charge in [0.1, 0.15) is 11.9 Å². The minimum atomic E-state index is -0.461. The maximum atomic E-state index is 12.4. The minimum Gasteiger partial charge on any atom is -0.372 e. The monoisotopic (exact) mass is 413 g/mol. The summed E-state index contributed by atoms with van der Waals surface area (Å²) >= 11 is 12.6. The lowest BCUT2D eigenvalue weighted by Crippen LogP contribution is -2.40. The second-order valence-electron chi connectivity index (χ2n) is 6.83. The highest BCUT2D eigenvalue weighted by Crippen LogP contribution is 2.31. The number of nitrogens with one attached hydrogen (secondary N) is 2. The fourth-order valence-corrected chi connectivity index (χ4v) is 2.99. The average Bonchev–Trinajstić information content (AvgIpc) is 2.86. The Labute approximate surface area is 168 Å². The number of hydrogen-bond donors (Lipinski definition) is 2. The molecule has 0 bridgehead atoms. The second kappa shape index (κ2) is 8.80. The molecule has 0 aliphatic rings. The molecule has 0 aliphatic carbocycles. The van der Waals surface area contributed by atoms with Crippen molar-refractivity contribution in [2.45, 2.75) is 40.2 Å². The van der Waals surface area contributed by atoms with Crippen LogP contribution < -0.4 is 16.3 Å². The first-order chi connectivity index (χ1) is 12.6. The van der Waals surface area contributed by atoms with Crippen molar-refractivity contribution in [1.82, 2.24) is 19.7 Å². The summed E-state index contributed by atoms with van der Waals surface area (Å²) in [5.74, 6) is 0.807. The van der Waals surface area contributed by atoms with Crippen molar-refractivity contribution in [3.05, 3.63) is 38.5 Å². The van der Waals surface area contributed by atoms with Crippen molar-refractivity contribution >= 4 is 34.8 Å². The first kappa shape index (κ1) is 21.3. The molecule has 1 aromatic heterocycles. The van der Waals surface area contributed by atoms with Gasteiger partial charge < -0.3 is 10.6 Å². The Morgan fingerprint density at radius 2 is 1.93 bits per heavy atom. The molecular formula is C18H25Cl2N5O2. The van der Waals surface area contributed by atoms with Gasteiger partial charge in [-0.25, -0.2) is 4.79 Å². The summed E-state index contributed by atoms with van der Waals surface area (Å²) in [5, 5.41) is 10.9. The van der Waals surface area contributed by atoms with Gasteiger partial charge in [0.15, 0.2) is 0 Å². The Hall–Kier alpha value is -1.99. The lowest BCUT2D eigenvalue weighted by atomic mass is 10.1. The predicted octanol–water partition coefficient (Wildman–Crippen LogP) is 3.15. The second-order valence-corrected chi connectivity index (χ2v) is 7.64. The molecule has 1 unspecified atom stereocenters. The number of anilines is 1. The summed E-state index contributed by atoms with van der Waals surface area (Å²) in [7, 11) is 1.64.